The highest BCUT2D eigenvalue weighted by Crippen LogP contribution is 2.23. The maximum Gasteiger partial charge on any atom is 0.263 e. The second kappa shape index (κ2) is 4.49. The molecule has 3 aromatic rings. The monoisotopic (exact) mass is 290 g/mol. The molecule has 20 heavy (non-hydrogen) atoms. The number of aromatic nitrogens is 3. The average molecular weight is 290 g/mol. The highest BCUT2D eigenvalue weighted by molar-refractivity contribution is 7.92. The molecule has 0 saturated heterocycles. The Morgan fingerprint density at radius 1 is 1.15 bits per heavy atom. The number of aromatic amines is 2. The maximum atomic E-state index is 12.2. The molecule has 2 aromatic heterocycles. The Labute approximate surface area is 113 Å². The van der Waals surface area contributed by atoms with Gasteiger partial charge in [0.05, 0.1) is 17.4 Å². The zero-order valence-electron chi connectivity index (χ0n) is 10.1. The van der Waals surface area contributed by atoms with Gasteiger partial charge in [-0.2, -0.15) is 5.10 Å². The van der Waals surface area contributed by atoms with Crippen molar-refractivity contribution in [3.8, 4) is 0 Å². The van der Waals surface area contributed by atoms with Crippen molar-refractivity contribution in [2.45, 2.75) is 4.90 Å². The van der Waals surface area contributed by atoms with Crippen molar-refractivity contribution >= 4 is 26.6 Å². The molecule has 0 bridgehead atoms. The molecule has 0 aliphatic heterocycles. The van der Waals surface area contributed by atoms with Gasteiger partial charge in [-0.3, -0.25) is 14.6 Å². The molecule has 0 aliphatic carbocycles. The minimum Gasteiger partial charge on any atom is -0.328 e. The zero-order valence-corrected chi connectivity index (χ0v) is 10.9. The van der Waals surface area contributed by atoms with Crippen molar-refractivity contribution in [1.29, 1.82) is 0 Å². The van der Waals surface area contributed by atoms with E-state index >= 15 is 0 Å². The number of benzene rings is 1. The molecular formula is C12H10N4O3S. The summed E-state index contributed by atoms with van der Waals surface area (Å²) in [6.07, 6.45) is 2.75. The van der Waals surface area contributed by atoms with E-state index in [1.165, 1.54) is 6.07 Å². The van der Waals surface area contributed by atoms with Crippen LogP contribution in [0.25, 0.3) is 10.9 Å². The average Bonchev–Trinajstić information content (AvgIpc) is 2.88. The van der Waals surface area contributed by atoms with Crippen LogP contribution >= 0.6 is 0 Å². The van der Waals surface area contributed by atoms with Gasteiger partial charge in [-0.25, -0.2) is 8.42 Å². The van der Waals surface area contributed by atoms with E-state index in [-0.39, 0.29) is 10.5 Å². The lowest BCUT2D eigenvalue weighted by atomic mass is 10.2. The van der Waals surface area contributed by atoms with Gasteiger partial charge in [0.15, 0.2) is 0 Å². The molecule has 0 spiro atoms. The Kier molecular flexibility index (Phi) is 2.79. The van der Waals surface area contributed by atoms with Crippen LogP contribution in [0.1, 0.15) is 0 Å². The van der Waals surface area contributed by atoms with Crippen LogP contribution in [-0.4, -0.2) is 23.6 Å². The van der Waals surface area contributed by atoms with Crippen LogP contribution in [0.4, 0.5) is 5.69 Å². The molecule has 8 heteroatoms. The number of nitrogens with zero attached hydrogens (tertiary/aromatic N) is 1. The topological polar surface area (TPSA) is 108 Å². The van der Waals surface area contributed by atoms with Crippen LogP contribution < -0.4 is 10.3 Å². The Balaban J connectivity index is 2.03. The SMILES string of the molecule is O=c1ccc(S(=O)(=O)Nc2cccc3cn[nH]c23)c[nH]1. The number of pyridine rings is 1. The first kappa shape index (κ1) is 12.4. The lowest BCUT2D eigenvalue weighted by Gasteiger charge is -2.08. The van der Waals surface area contributed by atoms with Gasteiger partial charge in [0, 0.05) is 17.6 Å². The fourth-order valence-electron chi connectivity index (χ4n) is 1.82. The standard InChI is InChI=1S/C12H10N4O3S/c17-11-5-4-9(7-13-11)20(18,19)16-10-3-1-2-8-6-14-15-12(8)10/h1-7,16H,(H,13,17)(H,14,15). The van der Waals surface area contributed by atoms with E-state index < -0.39 is 10.0 Å². The highest BCUT2D eigenvalue weighted by atomic mass is 32.2. The van der Waals surface area contributed by atoms with Crippen LogP contribution in [0.2, 0.25) is 0 Å². The molecule has 0 radical (unpaired) electrons. The molecule has 0 fully saturated rings. The van der Waals surface area contributed by atoms with E-state index in [9.17, 15) is 13.2 Å². The summed E-state index contributed by atoms with van der Waals surface area (Å²) in [6, 6.07) is 7.57. The van der Waals surface area contributed by atoms with Gasteiger partial charge in [-0.1, -0.05) is 12.1 Å². The molecule has 0 aliphatic rings. The summed E-state index contributed by atoms with van der Waals surface area (Å²) in [5, 5.41) is 7.40. The third kappa shape index (κ3) is 2.16. The third-order valence-electron chi connectivity index (χ3n) is 2.79. The van der Waals surface area contributed by atoms with Crippen LogP contribution in [0, 0.1) is 0 Å². The molecule has 0 saturated carbocycles. The van der Waals surface area contributed by atoms with Crippen molar-refractivity contribution in [2.24, 2.45) is 0 Å². The van der Waals surface area contributed by atoms with E-state index in [1.54, 1.807) is 18.3 Å². The highest BCUT2D eigenvalue weighted by Gasteiger charge is 2.16. The predicted octanol–water partition coefficient (Wildman–Crippen LogP) is 1.05. The normalized spacial score (nSPS) is 11.6. The van der Waals surface area contributed by atoms with Gasteiger partial charge in [-0.05, 0) is 12.1 Å². The van der Waals surface area contributed by atoms with Crippen LogP contribution in [0.5, 0.6) is 0 Å². The van der Waals surface area contributed by atoms with Crippen LogP contribution in [0.15, 0.2) is 52.4 Å². The first-order chi connectivity index (χ1) is 9.56. The molecule has 0 atom stereocenters. The molecule has 102 valence electrons. The second-order valence-corrected chi connectivity index (χ2v) is 5.82. The molecular weight excluding hydrogens is 280 g/mol. The number of hydrogen-bond acceptors (Lipinski definition) is 4. The molecule has 0 unspecified atom stereocenters. The Hall–Kier alpha value is -2.61. The number of H-pyrrole nitrogens is 2. The number of rotatable bonds is 3. The van der Waals surface area contributed by atoms with Crippen LogP contribution in [-0.2, 0) is 10.0 Å². The number of nitrogens with one attached hydrogen (secondary N) is 3. The Bertz CT molecular complexity index is 907. The first-order valence-corrected chi connectivity index (χ1v) is 7.18. The minimum atomic E-state index is -3.77. The zero-order chi connectivity index (χ0) is 14.2. The summed E-state index contributed by atoms with van der Waals surface area (Å²) < 4.78 is 26.9. The van der Waals surface area contributed by atoms with Crippen molar-refractivity contribution in [3.05, 3.63) is 53.1 Å². The Morgan fingerprint density at radius 2 is 2.00 bits per heavy atom. The molecule has 7 nitrogen and oxygen atoms in total. The summed E-state index contributed by atoms with van der Waals surface area (Å²) in [5.41, 5.74) is 0.631. The van der Waals surface area contributed by atoms with Gasteiger partial charge in [0.2, 0.25) is 5.56 Å². The fraction of sp³-hybridized carbons (Fsp3) is 0. The summed E-state index contributed by atoms with van der Waals surface area (Å²) in [7, 11) is -3.77. The largest absolute Gasteiger partial charge is 0.328 e. The quantitative estimate of drug-likeness (QED) is 0.670. The fourth-order valence-corrected chi connectivity index (χ4v) is 2.86. The molecule has 3 rings (SSSR count). The van der Waals surface area contributed by atoms with Crippen molar-refractivity contribution in [2.75, 3.05) is 4.72 Å². The van der Waals surface area contributed by atoms with Crippen molar-refractivity contribution < 1.29 is 8.42 Å². The van der Waals surface area contributed by atoms with Crippen LogP contribution in [0.3, 0.4) is 0 Å². The van der Waals surface area contributed by atoms with Crippen molar-refractivity contribution in [1.82, 2.24) is 15.2 Å². The smallest absolute Gasteiger partial charge is 0.263 e. The molecule has 1 aromatic carbocycles. The Morgan fingerprint density at radius 3 is 2.75 bits per heavy atom. The summed E-state index contributed by atoms with van der Waals surface area (Å²) in [5.74, 6) is 0. The minimum absolute atomic E-state index is 0.0198. The van der Waals surface area contributed by atoms with E-state index in [1.807, 2.05) is 6.07 Å². The van der Waals surface area contributed by atoms with Gasteiger partial charge in [0.1, 0.15) is 4.90 Å². The van der Waals surface area contributed by atoms with Gasteiger partial charge in [-0.15, -0.1) is 0 Å². The first-order valence-electron chi connectivity index (χ1n) is 5.70. The second-order valence-electron chi connectivity index (χ2n) is 4.13. The van der Waals surface area contributed by atoms with E-state index in [4.69, 9.17) is 0 Å². The number of hydrogen-bond donors (Lipinski definition) is 3. The summed E-state index contributed by atoms with van der Waals surface area (Å²) in [4.78, 5) is 13.3. The van der Waals surface area contributed by atoms with Gasteiger partial charge >= 0.3 is 0 Å². The van der Waals surface area contributed by atoms with Crippen molar-refractivity contribution in [3.63, 3.8) is 0 Å². The predicted molar refractivity (Wildman–Crippen MR) is 74.0 cm³/mol. The third-order valence-corrected chi connectivity index (χ3v) is 4.15. The molecule has 0 amide bonds. The summed E-state index contributed by atoms with van der Waals surface area (Å²) >= 11 is 0. The number of anilines is 1. The number of fused-ring (bicyclic) bond motifs is 1. The lowest BCUT2D eigenvalue weighted by molar-refractivity contribution is 0.601. The summed E-state index contributed by atoms with van der Waals surface area (Å²) in [6.45, 7) is 0. The van der Waals surface area contributed by atoms with E-state index in [2.05, 4.69) is 19.9 Å². The van der Waals surface area contributed by atoms with E-state index in [0.717, 1.165) is 17.6 Å². The molecule has 3 N–H and O–H groups in total. The van der Waals surface area contributed by atoms with E-state index in [0.29, 0.717) is 11.2 Å². The molecule has 2 heterocycles. The number of para-hydroxylation sites is 1. The van der Waals surface area contributed by atoms with Gasteiger partial charge in [0.25, 0.3) is 10.0 Å². The number of sulfonamides is 1. The maximum absolute atomic E-state index is 12.2. The van der Waals surface area contributed by atoms with Gasteiger partial charge < -0.3 is 4.98 Å². The lowest BCUT2D eigenvalue weighted by Crippen LogP contribution is -2.15.